The lowest BCUT2D eigenvalue weighted by atomic mass is 10.1. The number of likely N-dealkylation sites (N-methyl/N-ethyl adjacent to an activating group) is 1. The molecule has 27 heavy (non-hydrogen) atoms. The third kappa shape index (κ3) is 5.84. The summed E-state index contributed by atoms with van der Waals surface area (Å²) in [5.74, 6) is 1.57. The average molecular weight is 392 g/mol. The molecule has 2 atom stereocenters. The van der Waals surface area contributed by atoms with Crippen LogP contribution in [-0.2, 0) is 11.3 Å². The molecule has 1 aliphatic rings. The zero-order valence-corrected chi connectivity index (χ0v) is 16.5. The number of ether oxygens (including phenoxy) is 3. The lowest BCUT2D eigenvalue weighted by Crippen LogP contribution is -2.32. The summed E-state index contributed by atoms with van der Waals surface area (Å²) in [4.78, 5) is 2.06. The number of nitrogens with zero attached hydrogens (tertiary/aromatic N) is 1. The second-order valence-corrected chi connectivity index (χ2v) is 7.29. The van der Waals surface area contributed by atoms with E-state index in [9.17, 15) is 5.11 Å². The van der Waals surface area contributed by atoms with E-state index in [1.807, 2.05) is 56.4 Å². The molecule has 0 fully saturated rings. The van der Waals surface area contributed by atoms with Crippen LogP contribution in [0.4, 0.5) is 0 Å². The maximum absolute atomic E-state index is 10.3. The molecule has 1 aliphatic heterocycles. The van der Waals surface area contributed by atoms with Gasteiger partial charge in [-0.15, -0.1) is 0 Å². The predicted octanol–water partition coefficient (Wildman–Crippen LogP) is 3.68. The maximum atomic E-state index is 10.3. The normalized spacial score (nSPS) is 15.6. The van der Waals surface area contributed by atoms with E-state index in [-0.39, 0.29) is 12.7 Å². The molecule has 0 saturated carbocycles. The predicted molar refractivity (Wildman–Crippen MR) is 106 cm³/mol. The van der Waals surface area contributed by atoms with E-state index >= 15 is 0 Å². The van der Waals surface area contributed by atoms with Crippen LogP contribution in [0.25, 0.3) is 0 Å². The monoisotopic (exact) mass is 391 g/mol. The highest BCUT2D eigenvalue weighted by Gasteiger charge is 2.15. The van der Waals surface area contributed by atoms with Gasteiger partial charge in [0.05, 0.1) is 18.8 Å². The van der Waals surface area contributed by atoms with Crippen molar-refractivity contribution in [3.8, 4) is 11.5 Å². The maximum Gasteiger partial charge on any atom is 0.161 e. The van der Waals surface area contributed by atoms with Crippen molar-refractivity contribution in [1.82, 2.24) is 4.90 Å². The van der Waals surface area contributed by atoms with Crippen molar-refractivity contribution in [2.45, 2.75) is 25.7 Å². The van der Waals surface area contributed by atoms with Gasteiger partial charge in [0.25, 0.3) is 0 Å². The number of hydrogen-bond donors (Lipinski definition) is 1. The highest BCUT2D eigenvalue weighted by Crippen LogP contribution is 2.31. The first kappa shape index (κ1) is 20.0. The molecule has 2 aromatic rings. The molecule has 1 N–H and O–H groups in total. The summed E-state index contributed by atoms with van der Waals surface area (Å²) in [6, 6.07) is 13.5. The molecule has 0 amide bonds. The van der Waals surface area contributed by atoms with E-state index in [4.69, 9.17) is 25.8 Å². The molecule has 2 unspecified atom stereocenters. The van der Waals surface area contributed by atoms with Crippen LogP contribution in [0.5, 0.6) is 11.5 Å². The van der Waals surface area contributed by atoms with Crippen LogP contribution >= 0.6 is 11.6 Å². The standard InChI is InChI=1S/C21H26ClNO4/c1-15(17-4-6-18(22)7-5-17)27-14-19(24)13-23(2)12-16-3-8-20-21(11-16)26-10-9-25-20/h3-8,11,15,19,24H,9-10,12-14H2,1-2H3. The van der Waals surface area contributed by atoms with E-state index in [2.05, 4.69) is 4.90 Å². The summed E-state index contributed by atoms with van der Waals surface area (Å²) in [6.07, 6.45) is -0.665. The topological polar surface area (TPSA) is 51.2 Å². The van der Waals surface area contributed by atoms with Gasteiger partial charge in [0.1, 0.15) is 13.2 Å². The zero-order chi connectivity index (χ0) is 19.2. The van der Waals surface area contributed by atoms with Gasteiger partial charge in [-0.2, -0.15) is 0 Å². The van der Waals surface area contributed by atoms with Gasteiger partial charge in [-0.05, 0) is 49.4 Å². The quantitative estimate of drug-likeness (QED) is 0.743. The third-order valence-electron chi connectivity index (χ3n) is 4.46. The van der Waals surface area contributed by atoms with Crippen LogP contribution in [-0.4, -0.2) is 49.5 Å². The van der Waals surface area contributed by atoms with Gasteiger partial charge in [0.15, 0.2) is 11.5 Å². The number of hydrogen-bond acceptors (Lipinski definition) is 5. The fourth-order valence-electron chi connectivity index (χ4n) is 3.06. The Morgan fingerprint density at radius 3 is 2.56 bits per heavy atom. The molecule has 3 rings (SSSR count). The van der Waals surface area contributed by atoms with Gasteiger partial charge >= 0.3 is 0 Å². The third-order valence-corrected chi connectivity index (χ3v) is 4.71. The number of rotatable bonds is 8. The lowest BCUT2D eigenvalue weighted by Gasteiger charge is -2.23. The summed E-state index contributed by atoms with van der Waals surface area (Å²) in [5, 5.41) is 11.0. The number of aliphatic hydroxyl groups is 1. The summed E-state index contributed by atoms with van der Waals surface area (Å²) in [6.45, 7) is 4.63. The second kappa shape index (κ2) is 9.42. The number of fused-ring (bicyclic) bond motifs is 1. The second-order valence-electron chi connectivity index (χ2n) is 6.86. The highest BCUT2D eigenvalue weighted by atomic mass is 35.5. The lowest BCUT2D eigenvalue weighted by molar-refractivity contribution is -0.0138. The first-order chi connectivity index (χ1) is 13.0. The molecular weight excluding hydrogens is 366 g/mol. The summed E-state index contributed by atoms with van der Waals surface area (Å²) in [5.41, 5.74) is 2.15. The first-order valence-electron chi connectivity index (χ1n) is 9.13. The molecule has 0 spiro atoms. The minimum atomic E-state index is -0.568. The molecule has 6 heteroatoms. The fraction of sp³-hybridized carbons (Fsp3) is 0.429. The Morgan fingerprint density at radius 2 is 1.81 bits per heavy atom. The fourth-order valence-corrected chi connectivity index (χ4v) is 3.19. The van der Waals surface area contributed by atoms with E-state index in [1.54, 1.807) is 0 Å². The summed E-state index contributed by atoms with van der Waals surface area (Å²) >= 11 is 5.91. The molecule has 0 bridgehead atoms. The number of halogens is 1. The highest BCUT2D eigenvalue weighted by molar-refractivity contribution is 6.30. The smallest absolute Gasteiger partial charge is 0.161 e. The van der Waals surface area contributed by atoms with Crippen LogP contribution in [0.1, 0.15) is 24.2 Å². The van der Waals surface area contributed by atoms with Crippen molar-refractivity contribution >= 4 is 11.6 Å². The van der Waals surface area contributed by atoms with Gasteiger partial charge in [-0.25, -0.2) is 0 Å². The molecule has 0 saturated heterocycles. The Morgan fingerprint density at radius 1 is 1.11 bits per heavy atom. The Balaban J connectivity index is 1.44. The van der Waals surface area contributed by atoms with E-state index in [0.717, 1.165) is 22.6 Å². The summed E-state index contributed by atoms with van der Waals surface area (Å²) < 4.78 is 17.0. The van der Waals surface area contributed by atoms with Crippen molar-refractivity contribution in [3.63, 3.8) is 0 Å². The van der Waals surface area contributed by atoms with E-state index < -0.39 is 6.10 Å². The van der Waals surface area contributed by atoms with E-state index in [1.165, 1.54) is 0 Å². The van der Waals surface area contributed by atoms with Crippen LogP contribution < -0.4 is 9.47 Å². The van der Waals surface area contributed by atoms with Crippen LogP contribution in [0, 0.1) is 0 Å². The van der Waals surface area contributed by atoms with E-state index in [0.29, 0.717) is 31.3 Å². The number of aliphatic hydroxyl groups excluding tert-OH is 1. The summed E-state index contributed by atoms with van der Waals surface area (Å²) in [7, 11) is 1.97. The molecule has 2 aromatic carbocycles. The molecule has 0 aliphatic carbocycles. The van der Waals surface area contributed by atoms with Gasteiger partial charge in [0, 0.05) is 18.1 Å². The van der Waals surface area contributed by atoms with Crippen molar-refractivity contribution in [2.24, 2.45) is 0 Å². The average Bonchev–Trinajstić information content (AvgIpc) is 2.66. The van der Waals surface area contributed by atoms with Crippen molar-refractivity contribution < 1.29 is 19.3 Å². The first-order valence-corrected chi connectivity index (χ1v) is 9.51. The Hall–Kier alpha value is -1.79. The SMILES string of the molecule is CC(OCC(O)CN(C)Cc1ccc2c(c1)OCCO2)c1ccc(Cl)cc1. The molecule has 146 valence electrons. The molecule has 1 heterocycles. The van der Waals surface area contributed by atoms with Crippen LogP contribution in [0.2, 0.25) is 5.02 Å². The van der Waals surface area contributed by atoms with Crippen molar-refractivity contribution in [2.75, 3.05) is 33.4 Å². The van der Waals surface area contributed by atoms with Gasteiger partial charge < -0.3 is 19.3 Å². The molecule has 5 nitrogen and oxygen atoms in total. The van der Waals surface area contributed by atoms with Crippen molar-refractivity contribution in [1.29, 1.82) is 0 Å². The minimum Gasteiger partial charge on any atom is -0.486 e. The van der Waals surface area contributed by atoms with Gasteiger partial charge in [0.2, 0.25) is 0 Å². The Labute approximate surface area is 165 Å². The van der Waals surface area contributed by atoms with Crippen LogP contribution in [0.15, 0.2) is 42.5 Å². The van der Waals surface area contributed by atoms with Gasteiger partial charge in [-0.1, -0.05) is 29.8 Å². The Bertz CT molecular complexity index is 737. The van der Waals surface area contributed by atoms with Crippen molar-refractivity contribution in [3.05, 3.63) is 58.6 Å². The van der Waals surface area contributed by atoms with Crippen LogP contribution in [0.3, 0.4) is 0 Å². The molecular formula is C21H26ClNO4. The minimum absolute atomic E-state index is 0.0972. The molecule has 0 radical (unpaired) electrons. The zero-order valence-electron chi connectivity index (χ0n) is 15.7. The molecule has 0 aromatic heterocycles. The Kier molecular flexibility index (Phi) is 6.96. The number of benzene rings is 2. The largest absolute Gasteiger partial charge is 0.486 e. The van der Waals surface area contributed by atoms with Gasteiger partial charge in [-0.3, -0.25) is 4.90 Å².